The van der Waals surface area contributed by atoms with Crippen molar-refractivity contribution in [2.24, 2.45) is 5.92 Å². The minimum Gasteiger partial charge on any atom is -0.309 e. The largest absolute Gasteiger partial charge is 0.309 e. The van der Waals surface area contributed by atoms with Crippen LogP contribution in [0.5, 0.6) is 0 Å². The van der Waals surface area contributed by atoms with Crippen LogP contribution in [0.4, 0.5) is 0 Å². The molecule has 0 aliphatic heterocycles. The Kier molecular flexibility index (Phi) is 5.34. The molecule has 86 valence electrons. The van der Waals surface area contributed by atoms with Gasteiger partial charge in [0.05, 0.1) is 0 Å². The third-order valence-electron chi connectivity index (χ3n) is 3.30. The van der Waals surface area contributed by atoms with E-state index in [9.17, 15) is 0 Å². The summed E-state index contributed by atoms with van der Waals surface area (Å²) >= 11 is 1.87. The third kappa shape index (κ3) is 3.62. The average molecular weight is 225 g/mol. The number of hydrogen-bond donors (Lipinski definition) is 1. The zero-order chi connectivity index (χ0) is 11.3. The Hall–Kier alpha value is -0.340. The summed E-state index contributed by atoms with van der Waals surface area (Å²) in [6.45, 7) is 10.1. The van der Waals surface area contributed by atoms with Crippen LogP contribution in [0.25, 0.3) is 0 Å². The molecule has 0 aliphatic rings. The highest BCUT2D eigenvalue weighted by atomic mass is 32.1. The van der Waals surface area contributed by atoms with Crippen LogP contribution in [0.2, 0.25) is 0 Å². The van der Waals surface area contributed by atoms with E-state index < -0.39 is 0 Å². The smallest absolute Gasteiger partial charge is 0.0305 e. The van der Waals surface area contributed by atoms with Crippen LogP contribution in [0.1, 0.15) is 44.6 Å². The van der Waals surface area contributed by atoms with Gasteiger partial charge < -0.3 is 5.32 Å². The topological polar surface area (TPSA) is 12.0 Å². The number of rotatable bonds is 6. The van der Waals surface area contributed by atoms with Gasteiger partial charge in [-0.1, -0.05) is 27.2 Å². The monoisotopic (exact) mass is 225 g/mol. The molecule has 0 amide bonds. The van der Waals surface area contributed by atoms with Crippen LogP contribution >= 0.6 is 11.3 Å². The van der Waals surface area contributed by atoms with Crippen molar-refractivity contribution in [3.8, 4) is 0 Å². The van der Waals surface area contributed by atoms with Gasteiger partial charge in [-0.3, -0.25) is 0 Å². The van der Waals surface area contributed by atoms with Crippen LogP contribution in [0, 0.1) is 5.92 Å². The van der Waals surface area contributed by atoms with Crippen molar-refractivity contribution >= 4 is 11.3 Å². The second kappa shape index (κ2) is 6.29. The van der Waals surface area contributed by atoms with Gasteiger partial charge in [-0.2, -0.15) is 0 Å². The summed E-state index contributed by atoms with van der Waals surface area (Å²) in [5.74, 6) is 0.759. The maximum absolute atomic E-state index is 3.62. The molecule has 0 spiro atoms. The molecule has 1 N–H and O–H groups in total. The minimum atomic E-state index is 0.613. The second-order valence-electron chi connectivity index (χ2n) is 4.28. The standard InChI is InChI=1S/C13H23NS/c1-5-10(3)11(4)14-9-13-12(6-2)7-8-15-13/h7-8,10-11,14H,5-6,9H2,1-4H3. The van der Waals surface area contributed by atoms with Gasteiger partial charge in [-0.25, -0.2) is 0 Å². The van der Waals surface area contributed by atoms with Crippen LogP contribution in [0.15, 0.2) is 11.4 Å². The van der Waals surface area contributed by atoms with Crippen molar-refractivity contribution in [1.82, 2.24) is 5.32 Å². The van der Waals surface area contributed by atoms with Gasteiger partial charge >= 0.3 is 0 Å². The molecule has 1 aromatic rings. The summed E-state index contributed by atoms with van der Waals surface area (Å²) in [6.07, 6.45) is 2.40. The molecular formula is C13H23NS. The van der Waals surface area contributed by atoms with E-state index in [4.69, 9.17) is 0 Å². The molecule has 0 bridgehead atoms. The Labute approximate surface area is 97.9 Å². The predicted octanol–water partition coefficient (Wildman–Crippen LogP) is 3.83. The van der Waals surface area contributed by atoms with Crippen LogP contribution in [-0.4, -0.2) is 6.04 Å². The van der Waals surface area contributed by atoms with E-state index in [1.54, 1.807) is 0 Å². The normalized spacial score (nSPS) is 15.2. The van der Waals surface area contributed by atoms with Crippen LogP contribution in [0.3, 0.4) is 0 Å². The zero-order valence-corrected chi connectivity index (χ0v) is 11.2. The van der Waals surface area contributed by atoms with Gasteiger partial charge in [-0.05, 0) is 36.3 Å². The maximum atomic E-state index is 3.62. The molecule has 1 aromatic heterocycles. The fraction of sp³-hybridized carbons (Fsp3) is 0.692. The lowest BCUT2D eigenvalue weighted by Gasteiger charge is -2.19. The summed E-state index contributed by atoms with van der Waals surface area (Å²) in [6, 6.07) is 2.86. The maximum Gasteiger partial charge on any atom is 0.0305 e. The van der Waals surface area contributed by atoms with Crippen molar-refractivity contribution < 1.29 is 0 Å². The Bertz CT molecular complexity index is 280. The van der Waals surface area contributed by atoms with Crippen molar-refractivity contribution in [3.63, 3.8) is 0 Å². The number of thiophene rings is 1. The molecule has 0 aliphatic carbocycles. The summed E-state index contributed by atoms with van der Waals surface area (Å²) in [7, 11) is 0. The number of nitrogens with one attached hydrogen (secondary N) is 1. The van der Waals surface area contributed by atoms with Crippen LogP contribution < -0.4 is 5.32 Å². The van der Waals surface area contributed by atoms with Gasteiger partial charge in [0.15, 0.2) is 0 Å². The fourth-order valence-electron chi connectivity index (χ4n) is 1.65. The quantitative estimate of drug-likeness (QED) is 0.776. The molecule has 2 unspecified atom stereocenters. The molecule has 0 aromatic carbocycles. The van der Waals surface area contributed by atoms with E-state index in [2.05, 4.69) is 44.5 Å². The molecule has 0 radical (unpaired) electrons. The minimum absolute atomic E-state index is 0.613. The van der Waals surface area contributed by atoms with E-state index >= 15 is 0 Å². The molecule has 0 saturated carbocycles. The molecule has 1 rings (SSSR count). The lowest BCUT2D eigenvalue weighted by Crippen LogP contribution is -2.31. The number of hydrogen-bond acceptors (Lipinski definition) is 2. The summed E-state index contributed by atoms with van der Waals surface area (Å²) < 4.78 is 0. The molecule has 0 fully saturated rings. The summed E-state index contributed by atoms with van der Waals surface area (Å²) in [5.41, 5.74) is 1.50. The van der Waals surface area contributed by atoms with E-state index in [1.165, 1.54) is 16.9 Å². The first kappa shape index (κ1) is 12.7. The first-order chi connectivity index (χ1) is 7.19. The van der Waals surface area contributed by atoms with Crippen LogP contribution in [-0.2, 0) is 13.0 Å². The zero-order valence-electron chi connectivity index (χ0n) is 10.3. The Morgan fingerprint density at radius 2 is 2.07 bits per heavy atom. The van der Waals surface area contributed by atoms with Crippen molar-refractivity contribution in [1.29, 1.82) is 0 Å². The lowest BCUT2D eigenvalue weighted by molar-refractivity contribution is 0.390. The van der Waals surface area contributed by atoms with E-state index in [1.807, 2.05) is 11.3 Å². The highest BCUT2D eigenvalue weighted by molar-refractivity contribution is 7.10. The molecule has 1 heterocycles. The second-order valence-corrected chi connectivity index (χ2v) is 5.28. The first-order valence-corrected chi connectivity index (χ1v) is 6.85. The Morgan fingerprint density at radius 1 is 1.33 bits per heavy atom. The molecule has 2 atom stereocenters. The SMILES string of the molecule is CCc1ccsc1CNC(C)C(C)CC. The molecule has 0 saturated heterocycles. The lowest BCUT2D eigenvalue weighted by atomic mass is 10.0. The van der Waals surface area contributed by atoms with Gasteiger partial charge in [0.2, 0.25) is 0 Å². The average Bonchev–Trinajstić information content (AvgIpc) is 2.71. The summed E-state index contributed by atoms with van der Waals surface area (Å²) in [4.78, 5) is 1.51. The Balaban J connectivity index is 2.43. The van der Waals surface area contributed by atoms with Gasteiger partial charge in [0.1, 0.15) is 0 Å². The summed E-state index contributed by atoms with van der Waals surface area (Å²) in [5, 5.41) is 5.82. The molecular weight excluding hydrogens is 202 g/mol. The first-order valence-electron chi connectivity index (χ1n) is 5.97. The van der Waals surface area contributed by atoms with Gasteiger partial charge in [0, 0.05) is 17.5 Å². The van der Waals surface area contributed by atoms with E-state index in [-0.39, 0.29) is 0 Å². The molecule has 2 heteroatoms. The molecule has 15 heavy (non-hydrogen) atoms. The highest BCUT2D eigenvalue weighted by Crippen LogP contribution is 2.18. The van der Waals surface area contributed by atoms with Gasteiger partial charge in [0.25, 0.3) is 0 Å². The van der Waals surface area contributed by atoms with Crippen molar-refractivity contribution in [2.75, 3.05) is 0 Å². The van der Waals surface area contributed by atoms with E-state index in [0.717, 1.165) is 18.9 Å². The van der Waals surface area contributed by atoms with Crippen molar-refractivity contribution in [2.45, 2.75) is 53.1 Å². The van der Waals surface area contributed by atoms with Gasteiger partial charge in [-0.15, -0.1) is 11.3 Å². The highest BCUT2D eigenvalue weighted by Gasteiger charge is 2.10. The third-order valence-corrected chi connectivity index (χ3v) is 4.26. The fourth-order valence-corrected chi connectivity index (χ4v) is 2.57. The van der Waals surface area contributed by atoms with Crippen molar-refractivity contribution in [3.05, 3.63) is 21.9 Å². The predicted molar refractivity (Wildman–Crippen MR) is 69.5 cm³/mol. The molecule has 1 nitrogen and oxygen atoms in total. The Morgan fingerprint density at radius 3 is 2.67 bits per heavy atom. The van der Waals surface area contributed by atoms with E-state index in [0.29, 0.717) is 6.04 Å². The number of aryl methyl sites for hydroxylation is 1.